The first-order valence-corrected chi connectivity index (χ1v) is 15.6. The van der Waals surface area contributed by atoms with Crippen molar-refractivity contribution < 1.29 is 24.2 Å². The van der Waals surface area contributed by atoms with Gasteiger partial charge in [0.2, 0.25) is 0 Å². The highest BCUT2D eigenvalue weighted by Crippen LogP contribution is 2.75. The molecule has 0 heterocycles. The van der Waals surface area contributed by atoms with Crippen LogP contribution in [0.1, 0.15) is 93.4 Å². The fourth-order valence-corrected chi connectivity index (χ4v) is 10.5. The number of amides is 2. The van der Waals surface area contributed by atoms with Crippen LogP contribution in [0.2, 0.25) is 0 Å². The van der Waals surface area contributed by atoms with Gasteiger partial charge in [-0.1, -0.05) is 47.6 Å². The Balaban J connectivity index is 1.59. The average molecular weight is 580 g/mol. The van der Waals surface area contributed by atoms with Crippen LogP contribution in [-0.2, 0) is 14.3 Å². The third-order valence-electron chi connectivity index (χ3n) is 13.3. The molecule has 5 aliphatic rings. The topological polar surface area (TPSA) is 129 Å². The van der Waals surface area contributed by atoms with E-state index in [0.717, 1.165) is 37.7 Å². The van der Waals surface area contributed by atoms with Gasteiger partial charge in [-0.3, -0.25) is 9.59 Å². The summed E-state index contributed by atoms with van der Waals surface area (Å²) in [7, 11) is 1.59. The van der Waals surface area contributed by atoms with Crippen molar-refractivity contribution >= 4 is 17.6 Å². The van der Waals surface area contributed by atoms with Crippen molar-refractivity contribution in [2.24, 2.45) is 38.9 Å². The summed E-state index contributed by atoms with van der Waals surface area (Å²) >= 11 is 0. The number of allylic oxidation sites excluding steroid dienone is 3. The van der Waals surface area contributed by atoms with Gasteiger partial charge in [-0.15, -0.1) is 0 Å². The average Bonchev–Trinajstić information content (AvgIpc) is 2.91. The number of fused-ring (bicyclic) bond motifs is 7. The quantitative estimate of drug-likeness (QED) is 0.401. The zero-order valence-corrected chi connectivity index (χ0v) is 26.7. The Morgan fingerprint density at radius 3 is 2.36 bits per heavy atom. The monoisotopic (exact) mass is 579 g/mol. The lowest BCUT2D eigenvalue weighted by molar-refractivity contribution is -0.240. The number of nitriles is 1. The normalized spacial score (nSPS) is 45.6. The number of carbonyl (C=O) groups is 3. The van der Waals surface area contributed by atoms with Gasteiger partial charge in [0.1, 0.15) is 11.7 Å². The number of rotatable bonds is 4. The zero-order valence-electron chi connectivity index (χ0n) is 26.7. The van der Waals surface area contributed by atoms with Gasteiger partial charge in [0, 0.05) is 41.4 Å². The highest BCUT2D eigenvalue weighted by Gasteiger charge is 2.75. The fourth-order valence-electron chi connectivity index (χ4n) is 10.5. The Bertz CT molecular complexity index is 1330. The van der Waals surface area contributed by atoms with Gasteiger partial charge in [0.25, 0.3) is 0 Å². The van der Waals surface area contributed by atoms with E-state index in [2.05, 4.69) is 44.4 Å². The molecule has 42 heavy (non-hydrogen) atoms. The lowest BCUT2D eigenvalue weighted by atomic mass is 9.33. The molecule has 0 aromatic rings. The van der Waals surface area contributed by atoms with Crippen molar-refractivity contribution in [3.05, 3.63) is 23.3 Å². The molecule has 5 rings (SSSR count). The molecule has 0 aromatic carbocycles. The van der Waals surface area contributed by atoms with E-state index in [-0.39, 0.29) is 40.4 Å². The lowest BCUT2D eigenvalue weighted by Crippen LogP contribution is -2.74. The van der Waals surface area contributed by atoms with Crippen LogP contribution in [0.15, 0.2) is 23.3 Å². The van der Waals surface area contributed by atoms with Gasteiger partial charge in [0.05, 0.1) is 12.2 Å². The molecule has 0 aliphatic heterocycles. The van der Waals surface area contributed by atoms with Crippen molar-refractivity contribution in [1.29, 1.82) is 5.26 Å². The van der Waals surface area contributed by atoms with Crippen LogP contribution in [0.25, 0.3) is 0 Å². The van der Waals surface area contributed by atoms with E-state index in [0.29, 0.717) is 26.0 Å². The summed E-state index contributed by atoms with van der Waals surface area (Å²) in [6.45, 7) is 15.3. The number of hydrogen-bond acceptors (Lipinski definition) is 6. The maximum Gasteiger partial charge on any atom is 0.315 e. The van der Waals surface area contributed by atoms with Crippen LogP contribution >= 0.6 is 0 Å². The summed E-state index contributed by atoms with van der Waals surface area (Å²) in [5, 5.41) is 28.9. The standard InChI is InChI=1S/C34H49N3O5/c1-28(2)22-9-10-32(6)23(31(22,5)18-21(20-35)26(28)39)17-25(38)34(41)24-19-30(4,37-27(40)36-15-16-42-8)13-11-29(24,3)12-14-33(32,34)7/h17-18,22,24,41H,9-16,19H2,1-8H3,(H2,36,37,40)/t22-,24+,29+,30-,31-,32+,33-,34+/m0/s1. The van der Waals surface area contributed by atoms with E-state index in [1.165, 1.54) is 0 Å². The first kappa shape index (κ1) is 30.9. The summed E-state index contributed by atoms with van der Waals surface area (Å²) in [6, 6.07) is 1.88. The first-order chi connectivity index (χ1) is 19.4. The van der Waals surface area contributed by atoms with Crippen molar-refractivity contribution in [1.82, 2.24) is 10.6 Å². The van der Waals surface area contributed by atoms with Gasteiger partial charge in [-0.05, 0) is 80.3 Å². The van der Waals surface area contributed by atoms with Crippen LogP contribution in [0.3, 0.4) is 0 Å². The number of carbonyl (C=O) groups excluding carboxylic acids is 3. The minimum Gasteiger partial charge on any atom is -0.383 e. The van der Waals surface area contributed by atoms with Crippen molar-refractivity contribution in [3.63, 3.8) is 0 Å². The Morgan fingerprint density at radius 1 is 1.05 bits per heavy atom. The van der Waals surface area contributed by atoms with E-state index < -0.39 is 32.8 Å². The summed E-state index contributed by atoms with van der Waals surface area (Å²) in [4.78, 5) is 40.6. The summed E-state index contributed by atoms with van der Waals surface area (Å²) < 4.78 is 5.05. The number of urea groups is 1. The zero-order chi connectivity index (χ0) is 31.1. The third-order valence-corrected chi connectivity index (χ3v) is 13.3. The van der Waals surface area contributed by atoms with Crippen molar-refractivity contribution in [3.8, 4) is 6.07 Å². The number of hydrogen-bond donors (Lipinski definition) is 3. The van der Waals surface area contributed by atoms with E-state index >= 15 is 0 Å². The van der Waals surface area contributed by atoms with Gasteiger partial charge in [-0.2, -0.15) is 5.26 Å². The van der Waals surface area contributed by atoms with Crippen molar-refractivity contribution in [2.75, 3.05) is 20.3 Å². The number of nitrogens with zero attached hydrogens (tertiary/aromatic N) is 1. The number of ketones is 2. The first-order valence-electron chi connectivity index (χ1n) is 15.6. The molecule has 230 valence electrons. The summed E-state index contributed by atoms with van der Waals surface area (Å²) in [5.74, 6) is -0.797. The molecule has 3 fully saturated rings. The smallest absolute Gasteiger partial charge is 0.315 e. The van der Waals surface area contributed by atoms with Gasteiger partial charge in [-0.25, -0.2) is 4.79 Å². The maximum atomic E-state index is 14.6. The molecule has 2 amide bonds. The summed E-state index contributed by atoms with van der Waals surface area (Å²) in [6.07, 6.45) is 8.69. The van der Waals surface area contributed by atoms with Gasteiger partial charge in [0.15, 0.2) is 11.6 Å². The van der Waals surface area contributed by atoms with E-state index in [4.69, 9.17) is 4.74 Å². The molecule has 5 aliphatic carbocycles. The Hall–Kier alpha value is -2.50. The molecular formula is C34H49N3O5. The second kappa shape index (κ2) is 9.50. The number of methoxy groups -OCH3 is 1. The Morgan fingerprint density at radius 2 is 1.71 bits per heavy atom. The minimum atomic E-state index is -1.61. The van der Waals surface area contributed by atoms with Crippen LogP contribution in [0.5, 0.6) is 0 Å². The lowest BCUT2D eigenvalue weighted by Gasteiger charge is -2.71. The van der Waals surface area contributed by atoms with Crippen LogP contribution < -0.4 is 10.6 Å². The van der Waals surface area contributed by atoms with Gasteiger partial charge >= 0.3 is 6.03 Å². The molecule has 3 N–H and O–H groups in total. The van der Waals surface area contributed by atoms with Crippen molar-refractivity contribution in [2.45, 2.75) is 105 Å². The van der Waals surface area contributed by atoms with Crippen LogP contribution in [0, 0.1) is 50.2 Å². The maximum absolute atomic E-state index is 14.6. The SMILES string of the molecule is COCCNC(=O)N[C@@]1(C)CC[C@]2(C)CC[C@@]3(C)[C@]4(C)CC[C@H]5C(C)(C)C(=O)C(C#N)=C[C@]5(C)C4=CC(=O)[C@]3(O)[C@@H]2C1. The molecule has 0 spiro atoms. The molecule has 0 bridgehead atoms. The number of nitrogens with one attached hydrogen (secondary N) is 2. The highest BCUT2D eigenvalue weighted by molar-refractivity contribution is 6.05. The van der Waals surface area contributed by atoms with E-state index in [1.807, 2.05) is 26.8 Å². The predicted molar refractivity (Wildman–Crippen MR) is 159 cm³/mol. The third kappa shape index (κ3) is 3.88. The summed E-state index contributed by atoms with van der Waals surface area (Å²) in [5.41, 5.74) is -3.99. The second-order valence-electron chi connectivity index (χ2n) is 15.8. The molecule has 8 nitrogen and oxygen atoms in total. The fraction of sp³-hybridized carbons (Fsp3) is 0.765. The highest BCUT2D eigenvalue weighted by atomic mass is 16.5. The Labute approximate surface area is 250 Å². The van der Waals surface area contributed by atoms with Crippen LogP contribution in [0.4, 0.5) is 4.79 Å². The molecule has 0 saturated heterocycles. The molecule has 0 aromatic heterocycles. The molecule has 3 saturated carbocycles. The van der Waals surface area contributed by atoms with E-state index in [9.17, 15) is 24.8 Å². The Kier molecular flexibility index (Phi) is 7.00. The number of ether oxygens (including phenoxy) is 1. The number of Topliss-reactive ketones (excluding diaryl/α,β-unsaturated/α-hetero) is 1. The minimum absolute atomic E-state index is 0.0517. The molecule has 0 unspecified atom stereocenters. The second-order valence-corrected chi connectivity index (χ2v) is 15.8. The largest absolute Gasteiger partial charge is 0.383 e. The van der Waals surface area contributed by atoms with Crippen LogP contribution in [-0.4, -0.2) is 54.1 Å². The molecular weight excluding hydrogens is 530 g/mol. The predicted octanol–water partition coefficient (Wildman–Crippen LogP) is 5.02. The molecule has 0 radical (unpaired) electrons. The number of aliphatic hydroxyl groups is 1. The van der Waals surface area contributed by atoms with Gasteiger partial charge < -0.3 is 20.5 Å². The van der Waals surface area contributed by atoms with E-state index in [1.54, 1.807) is 13.2 Å². The molecule has 8 heteroatoms. The molecule has 8 atom stereocenters.